The van der Waals surface area contributed by atoms with Gasteiger partial charge in [0.05, 0.1) is 33.7 Å². The van der Waals surface area contributed by atoms with Crippen LogP contribution in [0.1, 0.15) is 30.8 Å². The highest BCUT2D eigenvalue weighted by Gasteiger charge is 2.22. The summed E-state index contributed by atoms with van der Waals surface area (Å²) in [7, 11) is -2.66. The number of aryl methyl sites for hydroxylation is 1. The molecule has 0 saturated heterocycles. The lowest BCUT2D eigenvalue weighted by Gasteiger charge is -2.21. The molecule has 11 heteroatoms. The number of anilines is 1. The lowest BCUT2D eigenvalue weighted by Crippen LogP contribution is -2.15. The molecule has 4 aromatic rings. The standard InChI is InChI=1S/C23H22ClF2N6OP/c1-5-16(20-14(25)7-6-8-27-20)31-22-18(24)12(2)30-17-9-15(26)19(32-21(17)22)13-10-28-23(29-11-13)34(3,4)33/h6-11,16H,5H2,1-4H3,(H,30,31). The van der Waals surface area contributed by atoms with Crippen molar-refractivity contribution in [3.8, 4) is 11.3 Å². The number of nitrogens with zero attached hydrogens (tertiary/aromatic N) is 5. The van der Waals surface area contributed by atoms with Gasteiger partial charge in [-0.1, -0.05) is 18.5 Å². The molecule has 1 atom stereocenters. The van der Waals surface area contributed by atoms with Crippen LogP contribution in [0.2, 0.25) is 5.02 Å². The second kappa shape index (κ2) is 9.31. The third-order valence-corrected chi connectivity index (χ3v) is 6.91. The number of nitrogens with one attached hydrogen (secondary N) is 1. The smallest absolute Gasteiger partial charge is 0.188 e. The minimum absolute atomic E-state index is 0.0112. The molecule has 4 rings (SSSR count). The molecule has 0 saturated carbocycles. The fraction of sp³-hybridized carbons (Fsp3) is 0.261. The van der Waals surface area contributed by atoms with Gasteiger partial charge >= 0.3 is 0 Å². The lowest BCUT2D eigenvalue weighted by molar-refractivity contribution is 0.572. The molecule has 0 amide bonds. The highest BCUT2D eigenvalue weighted by Crippen LogP contribution is 2.37. The Morgan fingerprint density at radius 1 is 1.12 bits per heavy atom. The van der Waals surface area contributed by atoms with Crippen molar-refractivity contribution in [2.45, 2.75) is 26.3 Å². The van der Waals surface area contributed by atoms with Gasteiger partial charge in [0.1, 0.15) is 24.2 Å². The number of halogens is 3. The second-order valence-corrected chi connectivity index (χ2v) is 11.7. The molecule has 0 fully saturated rings. The van der Waals surface area contributed by atoms with E-state index in [1.165, 1.54) is 36.8 Å². The molecule has 34 heavy (non-hydrogen) atoms. The van der Waals surface area contributed by atoms with Crippen LogP contribution in [-0.4, -0.2) is 38.2 Å². The molecule has 0 aromatic carbocycles. The van der Waals surface area contributed by atoms with E-state index in [1.54, 1.807) is 20.3 Å². The van der Waals surface area contributed by atoms with Gasteiger partial charge in [0.15, 0.2) is 11.4 Å². The molecule has 4 heterocycles. The molecule has 0 radical (unpaired) electrons. The van der Waals surface area contributed by atoms with Gasteiger partial charge in [0.25, 0.3) is 0 Å². The van der Waals surface area contributed by atoms with Gasteiger partial charge in [0.2, 0.25) is 0 Å². The fourth-order valence-corrected chi connectivity index (χ4v) is 4.37. The van der Waals surface area contributed by atoms with Crippen LogP contribution >= 0.6 is 18.7 Å². The van der Waals surface area contributed by atoms with Crippen LogP contribution in [0.4, 0.5) is 14.5 Å². The first kappa shape index (κ1) is 24.1. The molecular weight excluding hydrogens is 481 g/mol. The van der Waals surface area contributed by atoms with Crippen LogP contribution in [0.15, 0.2) is 36.8 Å². The van der Waals surface area contributed by atoms with Crippen LogP contribution in [-0.2, 0) is 4.57 Å². The van der Waals surface area contributed by atoms with Gasteiger partial charge < -0.3 is 9.88 Å². The number of pyridine rings is 3. The third-order valence-electron chi connectivity index (χ3n) is 5.26. The SMILES string of the molecule is CCC(Nc1c(Cl)c(C)nc2cc(F)c(-c3cnc(P(C)(C)=O)nc3)nc12)c1ncccc1F. The van der Waals surface area contributed by atoms with E-state index in [2.05, 4.69) is 30.2 Å². The second-order valence-electron chi connectivity index (χ2n) is 8.17. The Bertz CT molecular complexity index is 1430. The van der Waals surface area contributed by atoms with Crippen molar-refractivity contribution >= 4 is 41.0 Å². The summed E-state index contributed by atoms with van der Waals surface area (Å²) in [4.78, 5) is 21.3. The maximum atomic E-state index is 15.0. The fourth-order valence-electron chi connectivity index (χ4n) is 3.51. The largest absolute Gasteiger partial charge is 0.373 e. The maximum Gasteiger partial charge on any atom is 0.188 e. The van der Waals surface area contributed by atoms with E-state index in [0.29, 0.717) is 28.9 Å². The van der Waals surface area contributed by atoms with Crippen LogP contribution in [0.25, 0.3) is 22.3 Å². The Morgan fingerprint density at radius 3 is 2.44 bits per heavy atom. The molecule has 0 aliphatic heterocycles. The quantitative estimate of drug-likeness (QED) is 0.346. The number of hydrogen-bond donors (Lipinski definition) is 1. The van der Waals surface area contributed by atoms with Crippen molar-refractivity contribution in [3.63, 3.8) is 0 Å². The molecule has 0 bridgehead atoms. The van der Waals surface area contributed by atoms with E-state index in [-0.39, 0.29) is 27.5 Å². The molecule has 4 aromatic heterocycles. The summed E-state index contributed by atoms with van der Waals surface area (Å²) >= 11 is 6.58. The van der Waals surface area contributed by atoms with E-state index in [1.807, 2.05) is 6.92 Å². The van der Waals surface area contributed by atoms with Crippen molar-refractivity contribution in [2.75, 3.05) is 18.6 Å². The number of rotatable bonds is 6. The Hall–Kier alpha value is -3.03. The van der Waals surface area contributed by atoms with Crippen LogP contribution in [0.5, 0.6) is 0 Å². The van der Waals surface area contributed by atoms with E-state index in [4.69, 9.17) is 11.6 Å². The zero-order chi connectivity index (χ0) is 24.6. The average Bonchev–Trinajstić information content (AvgIpc) is 2.80. The summed E-state index contributed by atoms with van der Waals surface area (Å²) in [6.07, 6.45) is 4.78. The first-order valence-electron chi connectivity index (χ1n) is 10.5. The van der Waals surface area contributed by atoms with E-state index in [0.717, 1.165) is 0 Å². The molecule has 176 valence electrons. The average molecular weight is 503 g/mol. The van der Waals surface area contributed by atoms with Gasteiger partial charge in [-0.15, -0.1) is 0 Å². The van der Waals surface area contributed by atoms with Crippen LogP contribution in [0, 0.1) is 18.6 Å². The predicted molar refractivity (Wildman–Crippen MR) is 130 cm³/mol. The molecular formula is C23H22ClF2N6OP. The van der Waals surface area contributed by atoms with Gasteiger partial charge in [-0.2, -0.15) is 0 Å². The lowest BCUT2D eigenvalue weighted by atomic mass is 10.1. The highest BCUT2D eigenvalue weighted by molar-refractivity contribution is 7.69. The summed E-state index contributed by atoms with van der Waals surface area (Å²) < 4.78 is 41.7. The molecule has 0 spiro atoms. The molecule has 1 unspecified atom stereocenters. The zero-order valence-corrected chi connectivity index (χ0v) is 20.6. The highest BCUT2D eigenvalue weighted by atomic mass is 35.5. The Labute approximate surface area is 200 Å². The van der Waals surface area contributed by atoms with Gasteiger partial charge in [-0.05, 0) is 38.8 Å². The summed E-state index contributed by atoms with van der Waals surface area (Å²) in [6, 6.07) is 3.60. The number of fused-ring (bicyclic) bond motifs is 1. The Kier molecular flexibility index (Phi) is 6.60. The number of hydrogen-bond acceptors (Lipinski definition) is 7. The minimum atomic E-state index is -2.66. The van der Waals surface area contributed by atoms with E-state index in [9.17, 15) is 8.96 Å². The molecule has 0 aliphatic carbocycles. The summed E-state index contributed by atoms with van der Waals surface area (Å²) in [5, 5.41) is 3.53. The van der Waals surface area contributed by atoms with Gasteiger partial charge in [-0.25, -0.2) is 28.7 Å². The maximum absolute atomic E-state index is 15.0. The zero-order valence-electron chi connectivity index (χ0n) is 19.0. The summed E-state index contributed by atoms with van der Waals surface area (Å²) in [6.45, 7) is 6.69. The minimum Gasteiger partial charge on any atom is -0.373 e. The predicted octanol–water partition coefficient (Wildman–Crippen LogP) is 5.53. The van der Waals surface area contributed by atoms with Crippen molar-refractivity contribution in [1.82, 2.24) is 24.9 Å². The Morgan fingerprint density at radius 2 is 1.82 bits per heavy atom. The first-order chi connectivity index (χ1) is 16.1. The van der Waals surface area contributed by atoms with Crippen molar-refractivity contribution in [2.24, 2.45) is 0 Å². The van der Waals surface area contributed by atoms with Crippen LogP contribution in [0.3, 0.4) is 0 Å². The van der Waals surface area contributed by atoms with E-state index >= 15 is 4.39 Å². The molecule has 1 N–H and O–H groups in total. The summed E-state index contributed by atoms with van der Waals surface area (Å²) in [5.74, 6) is -1.07. The normalized spacial score (nSPS) is 12.7. The summed E-state index contributed by atoms with van der Waals surface area (Å²) in [5.41, 5.74) is 2.18. The monoisotopic (exact) mass is 502 g/mol. The van der Waals surface area contributed by atoms with Crippen molar-refractivity contribution < 1.29 is 13.3 Å². The third kappa shape index (κ3) is 4.63. The molecule has 7 nitrogen and oxygen atoms in total. The Balaban J connectivity index is 1.86. The van der Waals surface area contributed by atoms with Crippen molar-refractivity contribution in [1.29, 1.82) is 0 Å². The van der Waals surface area contributed by atoms with Gasteiger partial charge in [-0.3, -0.25) is 4.98 Å². The van der Waals surface area contributed by atoms with Crippen LogP contribution < -0.4 is 10.9 Å². The van der Waals surface area contributed by atoms with Crippen molar-refractivity contribution in [3.05, 3.63) is 64.8 Å². The van der Waals surface area contributed by atoms with E-state index < -0.39 is 24.8 Å². The van der Waals surface area contributed by atoms with Gasteiger partial charge in [0, 0.05) is 30.2 Å². The topological polar surface area (TPSA) is 93.6 Å². The number of aromatic nitrogens is 5. The molecule has 0 aliphatic rings. The first-order valence-corrected chi connectivity index (χ1v) is 13.5.